The molecular weight excluding hydrogens is 214 g/mol. The summed E-state index contributed by atoms with van der Waals surface area (Å²) < 4.78 is 5.64. The van der Waals surface area contributed by atoms with E-state index in [-0.39, 0.29) is 0 Å². The number of nitrogens with zero attached hydrogens (tertiary/aromatic N) is 2. The molecule has 2 N–H and O–H groups in total. The summed E-state index contributed by atoms with van der Waals surface area (Å²) in [5, 5.41) is 0. The molecule has 0 atom stereocenters. The van der Waals surface area contributed by atoms with Gasteiger partial charge in [-0.15, -0.1) is 0 Å². The number of pyridine rings is 1. The van der Waals surface area contributed by atoms with Crippen LogP contribution in [0.15, 0.2) is 18.3 Å². The van der Waals surface area contributed by atoms with Crippen LogP contribution in [0.3, 0.4) is 0 Å². The van der Waals surface area contributed by atoms with E-state index in [9.17, 15) is 0 Å². The third kappa shape index (κ3) is 2.69. The van der Waals surface area contributed by atoms with Gasteiger partial charge in [0.2, 0.25) is 0 Å². The Hall–Kier alpha value is -1.29. The molecule has 0 aromatic carbocycles. The Morgan fingerprint density at radius 3 is 2.94 bits per heavy atom. The Morgan fingerprint density at radius 1 is 1.53 bits per heavy atom. The Balaban J connectivity index is 2.21. The van der Waals surface area contributed by atoms with Gasteiger partial charge in [0.05, 0.1) is 6.61 Å². The van der Waals surface area contributed by atoms with Gasteiger partial charge in [-0.2, -0.15) is 0 Å². The monoisotopic (exact) mass is 235 g/mol. The summed E-state index contributed by atoms with van der Waals surface area (Å²) in [5.74, 6) is 1.82. The van der Waals surface area contributed by atoms with Gasteiger partial charge >= 0.3 is 0 Å². The van der Waals surface area contributed by atoms with Crippen molar-refractivity contribution >= 4 is 5.82 Å². The zero-order valence-electron chi connectivity index (χ0n) is 10.4. The molecule has 4 heteroatoms. The Morgan fingerprint density at radius 2 is 2.35 bits per heavy atom. The second-order valence-corrected chi connectivity index (χ2v) is 4.32. The smallest absolute Gasteiger partial charge is 0.171 e. The SMILES string of the molecule is CCOc1cccnc1N(CCN)C1CCC1. The third-order valence-corrected chi connectivity index (χ3v) is 3.21. The standard InChI is InChI=1S/C13H21N3O/c1-2-17-12-7-4-9-15-13(12)16(10-8-14)11-5-3-6-11/h4,7,9,11H,2-3,5-6,8,10,14H2,1H3. The van der Waals surface area contributed by atoms with E-state index in [2.05, 4.69) is 9.88 Å². The minimum Gasteiger partial charge on any atom is -0.490 e. The molecule has 94 valence electrons. The lowest BCUT2D eigenvalue weighted by molar-refractivity contribution is 0.332. The predicted molar refractivity (Wildman–Crippen MR) is 69.4 cm³/mol. The third-order valence-electron chi connectivity index (χ3n) is 3.21. The van der Waals surface area contributed by atoms with Crippen LogP contribution in [0.4, 0.5) is 5.82 Å². The number of aromatic nitrogens is 1. The summed E-state index contributed by atoms with van der Waals surface area (Å²) in [6.45, 7) is 4.16. The van der Waals surface area contributed by atoms with Crippen molar-refractivity contribution in [1.82, 2.24) is 4.98 Å². The second kappa shape index (κ2) is 5.87. The van der Waals surface area contributed by atoms with E-state index in [0.717, 1.165) is 18.1 Å². The molecule has 0 spiro atoms. The topological polar surface area (TPSA) is 51.4 Å². The van der Waals surface area contributed by atoms with Gasteiger partial charge in [-0.05, 0) is 38.3 Å². The summed E-state index contributed by atoms with van der Waals surface area (Å²) >= 11 is 0. The summed E-state index contributed by atoms with van der Waals surface area (Å²) in [6, 6.07) is 4.48. The lowest BCUT2D eigenvalue weighted by Gasteiger charge is -2.38. The number of nitrogens with two attached hydrogens (primary N) is 1. The summed E-state index contributed by atoms with van der Waals surface area (Å²) in [7, 11) is 0. The van der Waals surface area contributed by atoms with E-state index >= 15 is 0 Å². The number of ether oxygens (including phenoxy) is 1. The molecule has 1 aromatic rings. The van der Waals surface area contributed by atoms with Crippen LogP contribution in [-0.4, -0.2) is 30.7 Å². The van der Waals surface area contributed by atoms with Gasteiger partial charge in [-0.3, -0.25) is 0 Å². The lowest BCUT2D eigenvalue weighted by Crippen LogP contribution is -2.43. The molecule has 1 aliphatic rings. The van der Waals surface area contributed by atoms with Crippen molar-refractivity contribution in [1.29, 1.82) is 0 Å². The van der Waals surface area contributed by atoms with Gasteiger partial charge in [-0.25, -0.2) is 4.98 Å². The highest BCUT2D eigenvalue weighted by molar-refractivity contribution is 5.53. The fourth-order valence-corrected chi connectivity index (χ4v) is 2.16. The molecule has 2 rings (SSSR count). The van der Waals surface area contributed by atoms with Crippen LogP contribution in [0.2, 0.25) is 0 Å². The molecule has 1 aliphatic carbocycles. The first-order chi connectivity index (χ1) is 8.36. The number of anilines is 1. The van der Waals surface area contributed by atoms with Crippen LogP contribution in [0.5, 0.6) is 5.75 Å². The van der Waals surface area contributed by atoms with Crippen LogP contribution in [0, 0.1) is 0 Å². The first-order valence-corrected chi connectivity index (χ1v) is 6.41. The first-order valence-electron chi connectivity index (χ1n) is 6.41. The van der Waals surface area contributed by atoms with E-state index < -0.39 is 0 Å². The fraction of sp³-hybridized carbons (Fsp3) is 0.615. The van der Waals surface area contributed by atoms with Crippen molar-refractivity contribution in [2.75, 3.05) is 24.6 Å². The van der Waals surface area contributed by atoms with E-state index in [0.29, 0.717) is 19.2 Å². The number of rotatable bonds is 6. The maximum absolute atomic E-state index is 5.70. The Bertz CT molecular complexity index is 352. The largest absolute Gasteiger partial charge is 0.490 e. The summed E-state index contributed by atoms with van der Waals surface area (Å²) in [4.78, 5) is 6.76. The van der Waals surface area contributed by atoms with Gasteiger partial charge in [0.1, 0.15) is 0 Å². The molecule has 1 fully saturated rings. The maximum Gasteiger partial charge on any atom is 0.171 e. The van der Waals surface area contributed by atoms with Gasteiger partial charge in [0.25, 0.3) is 0 Å². The van der Waals surface area contributed by atoms with Gasteiger partial charge in [0.15, 0.2) is 11.6 Å². The zero-order chi connectivity index (χ0) is 12.1. The molecule has 4 nitrogen and oxygen atoms in total. The van der Waals surface area contributed by atoms with Gasteiger partial charge in [0, 0.05) is 25.3 Å². The van der Waals surface area contributed by atoms with Crippen LogP contribution in [-0.2, 0) is 0 Å². The normalized spacial score (nSPS) is 15.4. The van der Waals surface area contributed by atoms with E-state index in [4.69, 9.17) is 10.5 Å². The predicted octanol–water partition coefficient (Wildman–Crippen LogP) is 1.80. The average molecular weight is 235 g/mol. The molecular formula is C13H21N3O. The summed E-state index contributed by atoms with van der Waals surface area (Å²) in [5.41, 5.74) is 5.70. The molecule has 1 heterocycles. The van der Waals surface area contributed by atoms with Crippen molar-refractivity contribution in [3.63, 3.8) is 0 Å². The first kappa shape index (κ1) is 12.2. The van der Waals surface area contributed by atoms with Crippen molar-refractivity contribution in [2.45, 2.75) is 32.2 Å². The molecule has 0 radical (unpaired) electrons. The highest BCUT2D eigenvalue weighted by Crippen LogP contribution is 2.33. The molecule has 0 bridgehead atoms. The molecule has 0 amide bonds. The van der Waals surface area contributed by atoms with Gasteiger partial charge < -0.3 is 15.4 Å². The van der Waals surface area contributed by atoms with Crippen LogP contribution < -0.4 is 15.4 Å². The van der Waals surface area contributed by atoms with Crippen LogP contribution in [0.1, 0.15) is 26.2 Å². The number of hydrogen-bond donors (Lipinski definition) is 1. The van der Waals surface area contributed by atoms with Crippen LogP contribution >= 0.6 is 0 Å². The van der Waals surface area contributed by atoms with E-state index in [1.54, 1.807) is 0 Å². The van der Waals surface area contributed by atoms with E-state index in [1.165, 1.54) is 19.3 Å². The van der Waals surface area contributed by atoms with Gasteiger partial charge in [-0.1, -0.05) is 0 Å². The van der Waals surface area contributed by atoms with Crippen molar-refractivity contribution in [3.8, 4) is 5.75 Å². The molecule has 17 heavy (non-hydrogen) atoms. The molecule has 1 saturated carbocycles. The minimum absolute atomic E-state index is 0.590. The number of hydrogen-bond acceptors (Lipinski definition) is 4. The maximum atomic E-state index is 5.70. The highest BCUT2D eigenvalue weighted by Gasteiger charge is 2.27. The molecule has 0 saturated heterocycles. The Kier molecular flexibility index (Phi) is 4.20. The quantitative estimate of drug-likeness (QED) is 0.817. The van der Waals surface area contributed by atoms with Crippen LogP contribution in [0.25, 0.3) is 0 Å². The second-order valence-electron chi connectivity index (χ2n) is 4.32. The highest BCUT2D eigenvalue weighted by atomic mass is 16.5. The molecule has 1 aromatic heterocycles. The minimum atomic E-state index is 0.590. The average Bonchev–Trinajstić information content (AvgIpc) is 2.27. The molecule has 0 aliphatic heterocycles. The van der Waals surface area contributed by atoms with E-state index in [1.807, 2.05) is 25.3 Å². The Labute approximate surface area is 103 Å². The zero-order valence-corrected chi connectivity index (χ0v) is 10.4. The fourth-order valence-electron chi connectivity index (χ4n) is 2.16. The summed E-state index contributed by atoms with van der Waals surface area (Å²) in [6.07, 6.45) is 5.60. The van der Waals surface area contributed by atoms with Crippen molar-refractivity contribution in [2.24, 2.45) is 5.73 Å². The van der Waals surface area contributed by atoms with Crippen molar-refractivity contribution in [3.05, 3.63) is 18.3 Å². The lowest BCUT2D eigenvalue weighted by atomic mass is 9.91. The van der Waals surface area contributed by atoms with Crippen molar-refractivity contribution < 1.29 is 4.74 Å². The molecule has 0 unspecified atom stereocenters.